The van der Waals surface area contributed by atoms with Gasteiger partial charge in [-0.25, -0.2) is 4.98 Å². The zero-order chi connectivity index (χ0) is 19.4. The summed E-state index contributed by atoms with van der Waals surface area (Å²) in [5.74, 6) is 0.884. The van der Waals surface area contributed by atoms with Gasteiger partial charge in [-0.15, -0.1) is 11.8 Å². The molecule has 1 aromatic heterocycles. The van der Waals surface area contributed by atoms with Crippen molar-refractivity contribution in [1.82, 2.24) is 9.88 Å². The Morgan fingerprint density at radius 2 is 1.89 bits per heavy atom. The van der Waals surface area contributed by atoms with E-state index in [1.165, 1.54) is 44.3 Å². The molecular formula is C23H30N2O2S. The van der Waals surface area contributed by atoms with Gasteiger partial charge in [0.1, 0.15) is 5.75 Å². The average molecular weight is 399 g/mol. The first-order chi connectivity index (χ1) is 13.7. The Kier molecular flexibility index (Phi) is 6.24. The Morgan fingerprint density at radius 1 is 1.11 bits per heavy atom. The summed E-state index contributed by atoms with van der Waals surface area (Å²) in [6.45, 7) is 5.25. The monoisotopic (exact) mass is 398 g/mol. The van der Waals surface area contributed by atoms with Crippen LogP contribution in [0.15, 0.2) is 41.4 Å². The SMILES string of the molecule is COc1ccc(CN2CCC3(CCOCC3)CC2)cc1-c1cccc(SC)n1. The minimum atomic E-state index is 0.544. The summed E-state index contributed by atoms with van der Waals surface area (Å²) in [6, 6.07) is 12.7. The number of likely N-dealkylation sites (tertiary alicyclic amines) is 1. The lowest BCUT2D eigenvalue weighted by molar-refractivity contribution is -0.0217. The molecule has 0 aliphatic carbocycles. The van der Waals surface area contributed by atoms with Crippen LogP contribution >= 0.6 is 11.8 Å². The normalized spacial score (nSPS) is 19.6. The summed E-state index contributed by atoms with van der Waals surface area (Å²) in [5.41, 5.74) is 3.93. The zero-order valence-electron chi connectivity index (χ0n) is 16.9. The summed E-state index contributed by atoms with van der Waals surface area (Å²) in [4.78, 5) is 7.37. The zero-order valence-corrected chi connectivity index (χ0v) is 17.8. The van der Waals surface area contributed by atoms with E-state index in [9.17, 15) is 0 Å². The molecule has 28 heavy (non-hydrogen) atoms. The van der Waals surface area contributed by atoms with Crippen LogP contribution in [0.5, 0.6) is 5.75 Å². The maximum Gasteiger partial charge on any atom is 0.128 e. The molecule has 0 radical (unpaired) electrons. The molecule has 4 nitrogen and oxygen atoms in total. The number of pyridine rings is 1. The molecule has 2 aromatic rings. The van der Waals surface area contributed by atoms with Gasteiger partial charge in [-0.3, -0.25) is 4.90 Å². The third kappa shape index (κ3) is 4.37. The van der Waals surface area contributed by atoms with Gasteiger partial charge >= 0.3 is 0 Å². The van der Waals surface area contributed by atoms with Crippen molar-refractivity contribution in [2.45, 2.75) is 37.3 Å². The van der Waals surface area contributed by atoms with Crippen molar-refractivity contribution < 1.29 is 9.47 Å². The van der Waals surface area contributed by atoms with E-state index in [2.05, 4.69) is 41.5 Å². The molecule has 0 N–H and O–H groups in total. The molecule has 2 saturated heterocycles. The van der Waals surface area contributed by atoms with Crippen molar-refractivity contribution >= 4 is 11.8 Å². The molecule has 0 bridgehead atoms. The largest absolute Gasteiger partial charge is 0.496 e. The highest BCUT2D eigenvalue weighted by atomic mass is 32.2. The van der Waals surface area contributed by atoms with Crippen molar-refractivity contribution in [1.29, 1.82) is 0 Å². The Labute approximate surface area is 172 Å². The van der Waals surface area contributed by atoms with Gasteiger partial charge in [-0.1, -0.05) is 12.1 Å². The molecule has 0 amide bonds. The Hall–Kier alpha value is -1.56. The Balaban J connectivity index is 1.48. The fourth-order valence-corrected chi connectivity index (χ4v) is 4.88. The maximum atomic E-state index is 5.62. The van der Waals surface area contributed by atoms with Crippen molar-refractivity contribution in [2.24, 2.45) is 5.41 Å². The molecule has 0 unspecified atom stereocenters. The second-order valence-electron chi connectivity index (χ2n) is 7.99. The van der Waals surface area contributed by atoms with Gasteiger partial charge in [-0.2, -0.15) is 0 Å². The molecular weight excluding hydrogens is 368 g/mol. The molecule has 150 valence electrons. The summed E-state index contributed by atoms with van der Waals surface area (Å²) in [7, 11) is 1.73. The lowest BCUT2D eigenvalue weighted by atomic mass is 9.72. The smallest absolute Gasteiger partial charge is 0.128 e. The molecule has 2 fully saturated rings. The number of piperidine rings is 1. The van der Waals surface area contributed by atoms with E-state index < -0.39 is 0 Å². The first-order valence-corrected chi connectivity index (χ1v) is 11.4. The number of rotatable bonds is 5. The molecule has 1 aromatic carbocycles. The Bertz CT molecular complexity index is 795. The fraction of sp³-hybridized carbons (Fsp3) is 0.522. The van der Waals surface area contributed by atoms with Gasteiger partial charge in [0.2, 0.25) is 0 Å². The van der Waals surface area contributed by atoms with Crippen LogP contribution < -0.4 is 4.74 Å². The van der Waals surface area contributed by atoms with Gasteiger partial charge in [-0.05, 0) is 80.3 Å². The minimum Gasteiger partial charge on any atom is -0.496 e. The van der Waals surface area contributed by atoms with Crippen LogP contribution in [0, 0.1) is 5.41 Å². The number of hydrogen-bond acceptors (Lipinski definition) is 5. The standard InChI is InChI=1S/C23H30N2O2S/c1-26-21-7-6-18(16-19(21)20-4-3-5-22(24-20)28-2)17-25-12-8-23(9-13-25)10-14-27-15-11-23/h3-7,16H,8-15,17H2,1-2H3. The molecule has 0 saturated carbocycles. The van der Waals surface area contributed by atoms with Gasteiger partial charge in [0, 0.05) is 25.3 Å². The average Bonchev–Trinajstić information content (AvgIpc) is 2.76. The van der Waals surface area contributed by atoms with Crippen LogP contribution in [0.2, 0.25) is 0 Å². The van der Waals surface area contributed by atoms with Crippen LogP contribution in [0.1, 0.15) is 31.2 Å². The third-order valence-corrected chi connectivity index (χ3v) is 6.99. The molecule has 0 atom stereocenters. The number of nitrogens with zero attached hydrogens (tertiary/aromatic N) is 2. The van der Waals surface area contributed by atoms with Crippen molar-refractivity contribution in [3.63, 3.8) is 0 Å². The number of benzene rings is 1. The molecule has 4 rings (SSSR count). The van der Waals surface area contributed by atoms with E-state index >= 15 is 0 Å². The van der Waals surface area contributed by atoms with E-state index in [-0.39, 0.29) is 0 Å². The van der Waals surface area contributed by atoms with Gasteiger partial charge in [0.05, 0.1) is 17.8 Å². The first kappa shape index (κ1) is 19.7. The highest BCUT2D eigenvalue weighted by Gasteiger charge is 2.35. The second-order valence-corrected chi connectivity index (χ2v) is 8.81. The number of thioether (sulfide) groups is 1. The number of aromatic nitrogens is 1. The summed E-state index contributed by atoms with van der Waals surface area (Å²) < 4.78 is 11.2. The molecule has 5 heteroatoms. The quantitative estimate of drug-likeness (QED) is 0.671. The van der Waals surface area contributed by atoms with Crippen LogP contribution in [-0.2, 0) is 11.3 Å². The predicted octanol–water partition coefficient (Wildman–Crippen LogP) is 4.87. The predicted molar refractivity (Wildman–Crippen MR) is 115 cm³/mol. The third-order valence-electron chi connectivity index (χ3n) is 6.35. The van der Waals surface area contributed by atoms with Crippen LogP contribution in [0.25, 0.3) is 11.3 Å². The number of ether oxygens (including phenoxy) is 2. The van der Waals surface area contributed by atoms with Gasteiger partial charge in [0.15, 0.2) is 0 Å². The van der Waals surface area contributed by atoms with Crippen molar-refractivity contribution in [2.75, 3.05) is 39.7 Å². The minimum absolute atomic E-state index is 0.544. The molecule has 1 spiro atoms. The lowest BCUT2D eigenvalue weighted by Gasteiger charge is -2.44. The highest BCUT2D eigenvalue weighted by Crippen LogP contribution is 2.41. The molecule has 2 aliphatic heterocycles. The van der Waals surface area contributed by atoms with E-state index in [1.807, 2.05) is 6.07 Å². The van der Waals surface area contributed by atoms with E-state index in [4.69, 9.17) is 14.5 Å². The van der Waals surface area contributed by atoms with Gasteiger partial charge in [0.25, 0.3) is 0 Å². The fourth-order valence-electron chi connectivity index (χ4n) is 4.48. The summed E-state index contributed by atoms with van der Waals surface area (Å²) in [5, 5.41) is 1.03. The second kappa shape index (κ2) is 8.85. The van der Waals surface area contributed by atoms with Crippen LogP contribution in [0.3, 0.4) is 0 Å². The summed E-state index contributed by atoms with van der Waals surface area (Å²) >= 11 is 1.67. The topological polar surface area (TPSA) is 34.6 Å². The van der Waals surface area contributed by atoms with Crippen molar-refractivity contribution in [3.05, 3.63) is 42.0 Å². The maximum absolute atomic E-state index is 5.62. The molecule has 2 aliphatic rings. The summed E-state index contributed by atoms with van der Waals surface area (Å²) in [6.07, 6.45) is 7.14. The van der Waals surface area contributed by atoms with Crippen molar-refractivity contribution in [3.8, 4) is 17.0 Å². The van der Waals surface area contributed by atoms with Crippen LogP contribution in [0.4, 0.5) is 0 Å². The number of methoxy groups -OCH3 is 1. The number of hydrogen-bond donors (Lipinski definition) is 0. The lowest BCUT2D eigenvalue weighted by Crippen LogP contribution is -2.42. The highest BCUT2D eigenvalue weighted by molar-refractivity contribution is 7.98. The molecule has 3 heterocycles. The van der Waals surface area contributed by atoms with E-state index in [0.717, 1.165) is 41.8 Å². The van der Waals surface area contributed by atoms with Gasteiger partial charge < -0.3 is 9.47 Å². The first-order valence-electron chi connectivity index (χ1n) is 10.2. The van der Waals surface area contributed by atoms with Crippen LogP contribution in [-0.4, -0.2) is 49.6 Å². The van der Waals surface area contributed by atoms with E-state index in [0.29, 0.717) is 5.41 Å². The van der Waals surface area contributed by atoms with E-state index in [1.54, 1.807) is 18.9 Å². The Morgan fingerprint density at radius 3 is 2.61 bits per heavy atom.